The van der Waals surface area contributed by atoms with E-state index in [0.29, 0.717) is 31.9 Å². The van der Waals surface area contributed by atoms with E-state index in [-0.39, 0.29) is 12.2 Å². The second kappa shape index (κ2) is 5.83. The first-order valence-corrected chi connectivity index (χ1v) is 6.62. The topological polar surface area (TPSA) is 43.1 Å². The molecular formula is C14H10Cl3NO. The van der Waals surface area contributed by atoms with Crippen LogP contribution < -0.4 is 5.73 Å². The predicted molar refractivity (Wildman–Crippen MR) is 80.4 cm³/mol. The van der Waals surface area contributed by atoms with Gasteiger partial charge in [0, 0.05) is 32.7 Å². The molecule has 2 aromatic rings. The van der Waals surface area contributed by atoms with Gasteiger partial charge in [0.15, 0.2) is 5.78 Å². The molecule has 98 valence electrons. The number of hydrogen-bond acceptors (Lipinski definition) is 2. The first-order valence-electron chi connectivity index (χ1n) is 5.49. The number of anilines is 1. The summed E-state index contributed by atoms with van der Waals surface area (Å²) in [4.78, 5) is 12.2. The Morgan fingerprint density at radius 1 is 1.00 bits per heavy atom. The molecule has 0 aliphatic rings. The van der Waals surface area contributed by atoms with E-state index in [4.69, 9.17) is 40.5 Å². The maximum atomic E-state index is 12.2. The third-order valence-corrected chi connectivity index (χ3v) is 3.42. The Hall–Kier alpha value is -1.22. The number of benzene rings is 2. The maximum Gasteiger partial charge on any atom is 0.167 e. The molecule has 0 aliphatic heterocycles. The van der Waals surface area contributed by atoms with Gasteiger partial charge in [-0.05, 0) is 42.0 Å². The number of nitrogens with two attached hydrogens (primary N) is 1. The molecule has 2 N–H and O–H groups in total. The zero-order chi connectivity index (χ0) is 14.0. The molecule has 0 amide bonds. The van der Waals surface area contributed by atoms with Gasteiger partial charge in [-0.1, -0.05) is 34.8 Å². The van der Waals surface area contributed by atoms with E-state index in [1.54, 1.807) is 36.4 Å². The van der Waals surface area contributed by atoms with Crippen molar-refractivity contribution in [2.24, 2.45) is 0 Å². The van der Waals surface area contributed by atoms with Crippen LogP contribution in [0.4, 0.5) is 5.69 Å². The highest BCUT2D eigenvalue weighted by Crippen LogP contribution is 2.23. The fraction of sp³-hybridized carbons (Fsp3) is 0.0714. The largest absolute Gasteiger partial charge is 0.399 e. The van der Waals surface area contributed by atoms with Gasteiger partial charge < -0.3 is 5.73 Å². The second-order valence-electron chi connectivity index (χ2n) is 4.11. The number of ketones is 1. The highest BCUT2D eigenvalue weighted by molar-refractivity contribution is 6.34. The van der Waals surface area contributed by atoms with Crippen molar-refractivity contribution in [1.82, 2.24) is 0 Å². The first-order chi connectivity index (χ1) is 8.95. The van der Waals surface area contributed by atoms with Crippen molar-refractivity contribution in [2.45, 2.75) is 6.42 Å². The van der Waals surface area contributed by atoms with Crippen LogP contribution >= 0.6 is 34.8 Å². The lowest BCUT2D eigenvalue weighted by atomic mass is 10.0. The molecule has 0 spiro atoms. The molecule has 2 aromatic carbocycles. The lowest BCUT2D eigenvalue weighted by molar-refractivity contribution is 0.0993. The lowest BCUT2D eigenvalue weighted by Gasteiger charge is -2.06. The van der Waals surface area contributed by atoms with E-state index in [0.717, 1.165) is 0 Å². The molecular weight excluding hydrogens is 305 g/mol. The normalized spacial score (nSPS) is 10.5. The number of hydrogen-bond donors (Lipinski definition) is 1. The summed E-state index contributed by atoms with van der Waals surface area (Å²) in [5, 5.41) is 1.48. The summed E-state index contributed by atoms with van der Waals surface area (Å²) in [6, 6.07) is 9.78. The molecule has 5 heteroatoms. The summed E-state index contributed by atoms with van der Waals surface area (Å²) in [5.41, 5.74) is 7.25. The summed E-state index contributed by atoms with van der Waals surface area (Å²) in [5.74, 6) is -0.113. The molecule has 19 heavy (non-hydrogen) atoms. The summed E-state index contributed by atoms with van der Waals surface area (Å²) in [6.45, 7) is 0. The van der Waals surface area contributed by atoms with Crippen LogP contribution in [0, 0.1) is 0 Å². The number of rotatable bonds is 3. The number of Topliss-reactive ketones (excluding diaryl/α,β-unsaturated/α-hetero) is 1. The molecule has 2 nitrogen and oxygen atoms in total. The lowest BCUT2D eigenvalue weighted by Crippen LogP contribution is -2.05. The summed E-state index contributed by atoms with van der Waals surface area (Å²) < 4.78 is 0. The van der Waals surface area contributed by atoms with Gasteiger partial charge in [0.1, 0.15) is 0 Å². The van der Waals surface area contributed by atoms with Gasteiger partial charge in [-0.3, -0.25) is 4.79 Å². The van der Waals surface area contributed by atoms with E-state index in [9.17, 15) is 4.79 Å². The molecule has 0 aromatic heterocycles. The minimum atomic E-state index is -0.113. The van der Waals surface area contributed by atoms with Crippen LogP contribution in [0.25, 0.3) is 0 Å². The Labute approximate surface area is 126 Å². The first kappa shape index (κ1) is 14.2. The number of halogens is 3. The van der Waals surface area contributed by atoms with E-state index >= 15 is 0 Å². The van der Waals surface area contributed by atoms with E-state index in [1.165, 1.54) is 0 Å². The molecule has 0 fully saturated rings. The number of carbonyl (C=O) groups excluding carboxylic acids is 1. The molecule has 2 rings (SSSR count). The van der Waals surface area contributed by atoms with Crippen molar-refractivity contribution < 1.29 is 4.79 Å². The van der Waals surface area contributed by atoms with E-state index in [2.05, 4.69) is 0 Å². The van der Waals surface area contributed by atoms with Crippen molar-refractivity contribution in [1.29, 1.82) is 0 Å². The SMILES string of the molecule is Nc1cc(Cl)cc(C(=O)Cc2cc(Cl)ccc2Cl)c1. The van der Waals surface area contributed by atoms with Crippen LogP contribution in [0.5, 0.6) is 0 Å². The van der Waals surface area contributed by atoms with Gasteiger partial charge in [-0.25, -0.2) is 0 Å². The monoisotopic (exact) mass is 313 g/mol. The zero-order valence-electron chi connectivity index (χ0n) is 9.79. The Morgan fingerprint density at radius 3 is 2.42 bits per heavy atom. The van der Waals surface area contributed by atoms with Crippen LogP contribution in [-0.2, 0) is 6.42 Å². The van der Waals surface area contributed by atoms with Gasteiger partial charge in [0.05, 0.1) is 0 Å². The van der Waals surface area contributed by atoms with Crippen LogP contribution in [-0.4, -0.2) is 5.78 Å². The average Bonchev–Trinajstić information content (AvgIpc) is 2.32. The van der Waals surface area contributed by atoms with Crippen LogP contribution in [0.3, 0.4) is 0 Å². The molecule has 0 radical (unpaired) electrons. The van der Waals surface area contributed by atoms with E-state index < -0.39 is 0 Å². The van der Waals surface area contributed by atoms with Crippen LogP contribution in [0.15, 0.2) is 36.4 Å². The molecule has 0 saturated carbocycles. The van der Waals surface area contributed by atoms with E-state index in [1.807, 2.05) is 0 Å². The van der Waals surface area contributed by atoms with Crippen LogP contribution in [0.2, 0.25) is 15.1 Å². The minimum Gasteiger partial charge on any atom is -0.399 e. The minimum absolute atomic E-state index is 0.113. The fourth-order valence-corrected chi connectivity index (χ4v) is 2.35. The maximum absolute atomic E-state index is 12.2. The molecule has 0 saturated heterocycles. The highest BCUT2D eigenvalue weighted by Gasteiger charge is 2.11. The van der Waals surface area contributed by atoms with Gasteiger partial charge in [-0.2, -0.15) is 0 Å². The summed E-state index contributed by atoms with van der Waals surface area (Å²) >= 11 is 17.8. The van der Waals surface area contributed by atoms with Crippen molar-refractivity contribution in [3.63, 3.8) is 0 Å². The predicted octanol–water partition coefficient (Wildman–Crippen LogP) is 4.65. The van der Waals surface area contributed by atoms with Gasteiger partial charge in [-0.15, -0.1) is 0 Å². The van der Waals surface area contributed by atoms with Gasteiger partial charge in [0.2, 0.25) is 0 Å². The second-order valence-corrected chi connectivity index (χ2v) is 5.39. The average molecular weight is 315 g/mol. The Morgan fingerprint density at radius 2 is 1.74 bits per heavy atom. The van der Waals surface area contributed by atoms with Crippen molar-refractivity contribution in [3.05, 3.63) is 62.6 Å². The van der Waals surface area contributed by atoms with Gasteiger partial charge >= 0.3 is 0 Å². The van der Waals surface area contributed by atoms with Crippen molar-refractivity contribution >= 4 is 46.3 Å². The van der Waals surface area contributed by atoms with Crippen molar-refractivity contribution in [3.8, 4) is 0 Å². The summed E-state index contributed by atoms with van der Waals surface area (Å²) in [7, 11) is 0. The quantitative estimate of drug-likeness (QED) is 0.661. The Balaban J connectivity index is 2.28. The number of nitrogen functional groups attached to an aromatic ring is 1. The van der Waals surface area contributed by atoms with Gasteiger partial charge in [0.25, 0.3) is 0 Å². The third kappa shape index (κ3) is 3.63. The molecule has 0 heterocycles. The summed E-state index contributed by atoms with van der Waals surface area (Å²) in [6.07, 6.45) is 0.152. The molecule has 0 aliphatic carbocycles. The zero-order valence-corrected chi connectivity index (χ0v) is 12.1. The molecule has 0 atom stereocenters. The van der Waals surface area contributed by atoms with Crippen molar-refractivity contribution in [2.75, 3.05) is 5.73 Å². The Bertz CT molecular complexity index is 620. The highest BCUT2D eigenvalue weighted by atomic mass is 35.5. The smallest absolute Gasteiger partial charge is 0.167 e. The van der Waals surface area contributed by atoms with Crippen LogP contribution in [0.1, 0.15) is 15.9 Å². The standard InChI is InChI=1S/C14H10Cl3NO/c15-10-1-2-13(17)8(3-10)6-14(19)9-4-11(16)7-12(18)5-9/h1-5,7H,6,18H2. The number of carbonyl (C=O) groups is 1. The third-order valence-electron chi connectivity index (χ3n) is 2.60. The molecule has 0 bridgehead atoms. The fourth-order valence-electron chi connectivity index (χ4n) is 1.73. The molecule has 0 unspecified atom stereocenters. The Kier molecular flexibility index (Phi) is 4.35.